The molecular formula is C13H9Cl3N2O2. The van der Waals surface area contributed by atoms with Crippen molar-refractivity contribution in [3.05, 3.63) is 45.0 Å². The molecule has 0 atom stereocenters. The predicted molar refractivity (Wildman–Crippen MR) is 80.5 cm³/mol. The fourth-order valence-corrected chi connectivity index (χ4v) is 2.44. The number of carboxylic acids is 1. The fraction of sp³-hybridized carbons (Fsp3) is 0.0769. The Hall–Kier alpha value is -1.49. The maximum Gasteiger partial charge on any atom is 0.307 e. The van der Waals surface area contributed by atoms with Crippen LogP contribution >= 0.6 is 34.8 Å². The van der Waals surface area contributed by atoms with Crippen molar-refractivity contribution in [2.45, 2.75) is 6.42 Å². The molecule has 2 aromatic rings. The molecule has 2 rings (SSSR count). The van der Waals surface area contributed by atoms with Crippen molar-refractivity contribution in [1.82, 2.24) is 4.98 Å². The summed E-state index contributed by atoms with van der Waals surface area (Å²) in [6.07, 6.45) is 1.28. The maximum absolute atomic E-state index is 10.7. The normalized spacial score (nSPS) is 10.6. The van der Waals surface area contributed by atoms with E-state index in [2.05, 4.69) is 4.98 Å². The fourth-order valence-electron chi connectivity index (χ4n) is 1.75. The minimum Gasteiger partial charge on any atom is -0.481 e. The number of aliphatic carboxylic acids is 1. The molecule has 0 bridgehead atoms. The van der Waals surface area contributed by atoms with Gasteiger partial charge in [0.05, 0.1) is 27.8 Å². The van der Waals surface area contributed by atoms with Crippen LogP contribution in [0.5, 0.6) is 0 Å². The van der Waals surface area contributed by atoms with Gasteiger partial charge in [0.15, 0.2) is 0 Å². The Balaban J connectivity index is 2.51. The molecule has 0 fully saturated rings. The Morgan fingerprint density at radius 1 is 1.25 bits per heavy atom. The summed E-state index contributed by atoms with van der Waals surface area (Å²) in [7, 11) is 0. The van der Waals surface area contributed by atoms with Crippen LogP contribution in [0.4, 0.5) is 5.69 Å². The average Bonchev–Trinajstić information content (AvgIpc) is 2.33. The van der Waals surface area contributed by atoms with Gasteiger partial charge >= 0.3 is 5.97 Å². The van der Waals surface area contributed by atoms with Crippen molar-refractivity contribution < 1.29 is 9.90 Å². The third-order valence-electron chi connectivity index (χ3n) is 2.58. The zero-order chi connectivity index (χ0) is 14.9. The first-order valence-corrected chi connectivity index (χ1v) is 6.63. The number of nitrogen functional groups attached to an aromatic ring is 1. The van der Waals surface area contributed by atoms with Crippen LogP contribution in [0.15, 0.2) is 24.4 Å². The second-order valence-electron chi connectivity index (χ2n) is 4.10. The lowest BCUT2D eigenvalue weighted by atomic mass is 10.1. The number of aromatic nitrogens is 1. The smallest absolute Gasteiger partial charge is 0.307 e. The maximum atomic E-state index is 10.7. The minimum absolute atomic E-state index is 0.151. The highest BCUT2D eigenvalue weighted by atomic mass is 35.5. The first kappa shape index (κ1) is 14.9. The van der Waals surface area contributed by atoms with Gasteiger partial charge in [0.1, 0.15) is 0 Å². The second-order valence-corrected chi connectivity index (χ2v) is 5.32. The number of carbonyl (C=O) groups is 1. The van der Waals surface area contributed by atoms with Gasteiger partial charge in [-0.05, 0) is 23.8 Å². The molecule has 0 unspecified atom stereocenters. The number of nitrogens with zero attached hydrogens (tertiary/aromatic N) is 1. The molecule has 0 spiro atoms. The highest BCUT2D eigenvalue weighted by Crippen LogP contribution is 2.37. The minimum atomic E-state index is -0.956. The van der Waals surface area contributed by atoms with Crippen LogP contribution in [0.1, 0.15) is 5.56 Å². The summed E-state index contributed by atoms with van der Waals surface area (Å²) in [5.74, 6) is -0.956. The number of nitrogens with two attached hydrogens (primary N) is 1. The van der Waals surface area contributed by atoms with Crippen LogP contribution in [-0.2, 0) is 11.2 Å². The number of halogens is 3. The van der Waals surface area contributed by atoms with Crippen LogP contribution in [0.3, 0.4) is 0 Å². The molecule has 0 saturated heterocycles. The number of hydrogen-bond donors (Lipinski definition) is 2. The van der Waals surface area contributed by atoms with Crippen molar-refractivity contribution in [1.29, 1.82) is 0 Å². The highest BCUT2D eigenvalue weighted by Gasteiger charge is 2.14. The van der Waals surface area contributed by atoms with Gasteiger partial charge in [-0.3, -0.25) is 9.78 Å². The van der Waals surface area contributed by atoms with E-state index in [-0.39, 0.29) is 6.42 Å². The van der Waals surface area contributed by atoms with E-state index >= 15 is 0 Å². The Kier molecular flexibility index (Phi) is 4.38. The van der Waals surface area contributed by atoms with Crippen LogP contribution in [-0.4, -0.2) is 16.1 Å². The molecule has 3 N–H and O–H groups in total. The molecule has 20 heavy (non-hydrogen) atoms. The summed E-state index contributed by atoms with van der Waals surface area (Å²) < 4.78 is 0. The Labute approximate surface area is 130 Å². The van der Waals surface area contributed by atoms with E-state index in [0.29, 0.717) is 37.6 Å². The Morgan fingerprint density at radius 2 is 1.95 bits per heavy atom. The lowest BCUT2D eigenvalue weighted by Gasteiger charge is -2.10. The summed E-state index contributed by atoms with van der Waals surface area (Å²) in [6, 6.07) is 4.66. The van der Waals surface area contributed by atoms with E-state index in [1.807, 2.05) is 0 Å². The van der Waals surface area contributed by atoms with E-state index in [9.17, 15) is 4.79 Å². The van der Waals surface area contributed by atoms with Crippen molar-refractivity contribution in [3.8, 4) is 11.3 Å². The predicted octanol–water partition coefficient (Wildman–Crippen LogP) is 3.92. The molecule has 0 aliphatic carbocycles. The van der Waals surface area contributed by atoms with Gasteiger partial charge in [-0.2, -0.15) is 0 Å². The molecule has 4 nitrogen and oxygen atoms in total. The molecule has 0 saturated carbocycles. The second kappa shape index (κ2) is 5.87. The topological polar surface area (TPSA) is 76.2 Å². The lowest BCUT2D eigenvalue weighted by Crippen LogP contribution is -2.03. The van der Waals surface area contributed by atoms with Gasteiger partial charge in [0.25, 0.3) is 0 Å². The molecule has 1 heterocycles. The molecule has 0 aliphatic heterocycles. The van der Waals surface area contributed by atoms with Crippen LogP contribution in [0.2, 0.25) is 15.1 Å². The highest BCUT2D eigenvalue weighted by molar-refractivity contribution is 6.45. The standard InChI is InChI=1S/C13H9Cl3N2O2/c14-7-3-8(12(16)9(15)4-7)13-10(17)1-6(5-18-13)2-11(19)20/h1,3-5H,2,17H2,(H,19,20). The van der Waals surface area contributed by atoms with Crippen LogP contribution in [0, 0.1) is 0 Å². The van der Waals surface area contributed by atoms with E-state index in [0.717, 1.165) is 0 Å². The summed E-state index contributed by atoms with van der Waals surface area (Å²) in [5, 5.41) is 9.73. The van der Waals surface area contributed by atoms with Crippen molar-refractivity contribution in [2.24, 2.45) is 0 Å². The summed E-state index contributed by atoms with van der Waals surface area (Å²) in [5.41, 5.74) is 7.62. The van der Waals surface area contributed by atoms with Crippen LogP contribution in [0.25, 0.3) is 11.3 Å². The number of pyridine rings is 1. The molecule has 0 aliphatic rings. The average molecular weight is 332 g/mol. The molecule has 0 amide bonds. The molecule has 7 heteroatoms. The van der Waals surface area contributed by atoms with Crippen molar-refractivity contribution >= 4 is 46.5 Å². The molecule has 104 valence electrons. The van der Waals surface area contributed by atoms with E-state index < -0.39 is 5.97 Å². The zero-order valence-corrected chi connectivity index (χ0v) is 12.3. The summed E-state index contributed by atoms with van der Waals surface area (Å²) in [4.78, 5) is 14.8. The van der Waals surface area contributed by atoms with Gasteiger partial charge in [-0.15, -0.1) is 0 Å². The van der Waals surface area contributed by atoms with E-state index in [4.69, 9.17) is 45.6 Å². The number of benzene rings is 1. The summed E-state index contributed by atoms with van der Waals surface area (Å²) in [6.45, 7) is 0. The molecule has 0 radical (unpaired) electrons. The third kappa shape index (κ3) is 3.15. The number of hydrogen-bond acceptors (Lipinski definition) is 3. The van der Waals surface area contributed by atoms with Gasteiger partial charge in [-0.1, -0.05) is 34.8 Å². The zero-order valence-electron chi connectivity index (χ0n) is 10.0. The molecule has 1 aromatic heterocycles. The monoisotopic (exact) mass is 330 g/mol. The SMILES string of the molecule is Nc1cc(CC(=O)O)cnc1-c1cc(Cl)cc(Cl)c1Cl. The van der Waals surface area contributed by atoms with E-state index in [1.54, 1.807) is 12.1 Å². The molecular weight excluding hydrogens is 323 g/mol. The summed E-state index contributed by atoms with van der Waals surface area (Å²) >= 11 is 18.0. The van der Waals surface area contributed by atoms with Gasteiger partial charge in [0.2, 0.25) is 0 Å². The van der Waals surface area contributed by atoms with Crippen molar-refractivity contribution in [2.75, 3.05) is 5.73 Å². The number of carboxylic acid groups (broad SMARTS) is 1. The Morgan fingerprint density at radius 3 is 2.55 bits per heavy atom. The van der Waals surface area contributed by atoms with Gasteiger partial charge in [0, 0.05) is 16.8 Å². The quantitative estimate of drug-likeness (QED) is 0.836. The largest absolute Gasteiger partial charge is 0.481 e. The molecule has 1 aromatic carbocycles. The number of rotatable bonds is 3. The first-order valence-electron chi connectivity index (χ1n) is 5.49. The lowest BCUT2D eigenvalue weighted by molar-refractivity contribution is -0.136. The van der Waals surface area contributed by atoms with Crippen molar-refractivity contribution in [3.63, 3.8) is 0 Å². The van der Waals surface area contributed by atoms with E-state index in [1.165, 1.54) is 12.3 Å². The van der Waals surface area contributed by atoms with Crippen LogP contribution < -0.4 is 5.73 Å². The van der Waals surface area contributed by atoms with Gasteiger partial charge in [-0.25, -0.2) is 0 Å². The third-order valence-corrected chi connectivity index (χ3v) is 3.60. The van der Waals surface area contributed by atoms with Gasteiger partial charge < -0.3 is 10.8 Å². The number of anilines is 1. The Bertz CT molecular complexity index is 690. The first-order chi connectivity index (χ1) is 9.38.